The van der Waals surface area contributed by atoms with Crippen LogP contribution in [0, 0.1) is 0 Å². The van der Waals surface area contributed by atoms with E-state index in [1.165, 1.54) is 6.92 Å². The standard InChI is InChI=1S/C25H31N5O6/c1-15(28-23(33)18(26)12-16-8-4-2-5-9-16)22(32)29-19(13-17-10-6-3-7-11-17)24(34)30-20(25(35)36)14-21(27)31/h2-11,15,18-20H,12-14,26H2,1H3,(H2,27,31)(H,28,33)(H,29,32)(H,30,34)(H,35,36)/t15-,18-,19-,20-/m0/s1. The predicted molar refractivity (Wildman–Crippen MR) is 131 cm³/mol. The largest absolute Gasteiger partial charge is 0.480 e. The lowest BCUT2D eigenvalue weighted by Crippen LogP contribution is -2.57. The summed E-state index contributed by atoms with van der Waals surface area (Å²) in [6, 6.07) is 13.2. The number of hydrogen-bond donors (Lipinski definition) is 6. The highest BCUT2D eigenvalue weighted by molar-refractivity contribution is 5.94. The number of benzene rings is 2. The lowest BCUT2D eigenvalue weighted by molar-refractivity contribution is -0.143. The van der Waals surface area contributed by atoms with Crippen LogP contribution < -0.4 is 27.4 Å². The van der Waals surface area contributed by atoms with Crippen LogP contribution in [-0.4, -0.2) is 58.9 Å². The molecule has 2 aromatic carbocycles. The molecule has 0 aliphatic heterocycles. The summed E-state index contributed by atoms with van der Waals surface area (Å²) in [7, 11) is 0. The summed E-state index contributed by atoms with van der Waals surface area (Å²) in [6.45, 7) is 1.44. The maximum atomic E-state index is 12.9. The highest BCUT2D eigenvalue weighted by Crippen LogP contribution is 2.06. The van der Waals surface area contributed by atoms with E-state index in [1.54, 1.807) is 30.3 Å². The Balaban J connectivity index is 2.07. The Morgan fingerprint density at radius 1 is 0.750 bits per heavy atom. The SMILES string of the molecule is C[C@H](NC(=O)[C@@H](N)Cc1ccccc1)C(=O)N[C@@H](Cc1ccccc1)C(=O)N[C@@H](CC(N)=O)C(=O)O. The molecule has 0 aromatic heterocycles. The first kappa shape index (κ1) is 28.0. The maximum Gasteiger partial charge on any atom is 0.326 e. The molecule has 0 fully saturated rings. The fourth-order valence-electron chi connectivity index (χ4n) is 3.38. The molecule has 4 amide bonds. The number of carboxylic acids is 1. The zero-order valence-electron chi connectivity index (χ0n) is 19.8. The molecule has 2 aromatic rings. The van der Waals surface area contributed by atoms with Crippen molar-refractivity contribution in [3.63, 3.8) is 0 Å². The highest BCUT2D eigenvalue weighted by Gasteiger charge is 2.29. The van der Waals surface area contributed by atoms with E-state index in [9.17, 15) is 29.1 Å². The van der Waals surface area contributed by atoms with Crippen molar-refractivity contribution in [3.05, 3.63) is 71.8 Å². The second-order valence-electron chi connectivity index (χ2n) is 8.35. The van der Waals surface area contributed by atoms with Crippen LogP contribution in [0.25, 0.3) is 0 Å². The zero-order valence-corrected chi connectivity index (χ0v) is 19.8. The van der Waals surface area contributed by atoms with Crippen LogP contribution in [0.2, 0.25) is 0 Å². The van der Waals surface area contributed by atoms with E-state index in [1.807, 2.05) is 30.3 Å². The second kappa shape index (κ2) is 13.6. The van der Waals surface area contributed by atoms with E-state index in [2.05, 4.69) is 16.0 Å². The van der Waals surface area contributed by atoms with Crippen molar-refractivity contribution in [1.82, 2.24) is 16.0 Å². The number of carbonyl (C=O) groups is 5. The summed E-state index contributed by atoms with van der Waals surface area (Å²) in [5, 5.41) is 16.6. The molecule has 0 saturated carbocycles. The van der Waals surface area contributed by atoms with Gasteiger partial charge < -0.3 is 32.5 Å². The van der Waals surface area contributed by atoms with E-state index in [4.69, 9.17) is 11.5 Å². The summed E-state index contributed by atoms with van der Waals surface area (Å²) in [5.74, 6) is -4.39. The highest BCUT2D eigenvalue weighted by atomic mass is 16.4. The minimum Gasteiger partial charge on any atom is -0.480 e. The normalized spacial score (nSPS) is 13.9. The van der Waals surface area contributed by atoms with Crippen LogP contribution in [-0.2, 0) is 36.8 Å². The monoisotopic (exact) mass is 497 g/mol. The van der Waals surface area contributed by atoms with Gasteiger partial charge in [-0.15, -0.1) is 0 Å². The molecule has 0 radical (unpaired) electrons. The zero-order chi connectivity index (χ0) is 26.7. The first-order chi connectivity index (χ1) is 17.1. The summed E-state index contributed by atoms with van der Waals surface area (Å²) in [6.07, 6.45) is -0.301. The van der Waals surface area contributed by atoms with Crippen LogP contribution in [0.3, 0.4) is 0 Å². The summed E-state index contributed by atoms with van der Waals surface area (Å²) in [5.41, 5.74) is 12.6. The van der Waals surface area contributed by atoms with E-state index in [0.717, 1.165) is 5.56 Å². The van der Waals surface area contributed by atoms with Crippen LogP contribution in [0.4, 0.5) is 0 Å². The molecule has 11 heteroatoms. The number of rotatable bonds is 13. The van der Waals surface area contributed by atoms with Crippen molar-refractivity contribution in [2.45, 2.75) is 50.4 Å². The van der Waals surface area contributed by atoms with Crippen LogP contribution >= 0.6 is 0 Å². The molecule has 36 heavy (non-hydrogen) atoms. The van der Waals surface area contributed by atoms with Crippen molar-refractivity contribution >= 4 is 29.6 Å². The van der Waals surface area contributed by atoms with Gasteiger partial charge in [-0.1, -0.05) is 60.7 Å². The summed E-state index contributed by atoms with van der Waals surface area (Å²) >= 11 is 0. The van der Waals surface area contributed by atoms with E-state index >= 15 is 0 Å². The molecule has 0 bridgehead atoms. The number of carboxylic acid groups (broad SMARTS) is 1. The molecule has 0 saturated heterocycles. The Hall–Kier alpha value is -4.25. The van der Waals surface area contributed by atoms with Gasteiger partial charge in [0, 0.05) is 6.42 Å². The third-order valence-corrected chi connectivity index (χ3v) is 5.32. The number of hydrogen-bond acceptors (Lipinski definition) is 6. The first-order valence-corrected chi connectivity index (χ1v) is 11.3. The Labute approximate surface area is 208 Å². The van der Waals surface area contributed by atoms with Crippen molar-refractivity contribution in [2.24, 2.45) is 11.5 Å². The van der Waals surface area contributed by atoms with Crippen molar-refractivity contribution < 1.29 is 29.1 Å². The smallest absolute Gasteiger partial charge is 0.326 e. The number of carbonyl (C=O) groups excluding carboxylic acids is 4. The van der Waals surface area contributed by atoms with Crippen LogP contribution in [0.5, 0.6) is 0 Å². The van der Waals surface area contributed by atoms with Crippen molar-refractivity contribution in [3.8, 4) is 0 Å². The van der Waals surface area contributed by atoms with Crippen molar-refractivity contribution in [2.75, 3.05) is 0 Å². The van der Waals surface area contributed by atoms with Gasteiger partial charge in [-0.2, -0.15) is 0 Å². The Bertz CT molecular complexity index is 1060. The molecule has 192 valence electrons. The van der Waals surface area contributed by atoms with Gasteiger partial charge in [-0.25, -0.2) is 4.79 Å². The predicted octanol–water partition coefficient (Wildman–Crippen LogP) is -0.767. The molecule has 8 N–H and O–H groups in total. The Morgan fingerprint density at radius 3 is 1.75 bits per heavy atom. The van der Waals surface area contributed by atoms with Gasteiger partial charge >= 0.3 is 5.97 Å². The fraction of sp³-hybridized carbons (Fsp3) is 0.320. The lowest BCUT2D eigenvalue weighted by atomic mass is 10.0. The topological polar surface area (TPSA) is 194 Å². The molecule has 0 unspecified atom stereocenters. The van der Waals surface area contributed by atoms with Gasteiger partial charge in [0.2, 0.25) is 23.6 Å². The molecule has 0 aliphatic rings. The molecular weight excluding hydrogens is 466 g/mol. The van der Waals surface area contributed by atoms with Gasteiger partial charge in [0.25, 0.3) is 0 Å². The molecule has 0 spiro atoms. The van der Waals surface area contributed by atoms with E-state index < -0.39 is 60.2 Å². The van der Waals surface area contributed by atoms with Gasteiger partial charge in [0.15, 0.2) is 0 Å². The van der Waals surface area contributed by atoms with E-state index in [0.29, 0.717) is 5.56 Å². The van der Waals surface area contributed by atoms with Gasteiger partial charge in [0.05, 0.1) is 12.5 Å². The van der Waals surface area contributed by atoms with Crippen LogP contribution in [0.15, 0.2) is 60.7 Å². The van der Waals surface area contributed by atoms with Gasteiger partial charge in [-0.3, -0.25) is 19.2 Å². The number of amides is 4. The maximum absolute atomic E-state index is 12.9. The molecule has 4 atom stereocenters. The molecule has 11 nitrogen and oxygen atoms in total. The number of primary amides is 1. The number of nitrogens with one attached hydrogen (secondary N) is 3. The molecular formula is C25H31N5O6. The average Bonchev–Trinajstić information content (AvgIpc) is 2.83. The van der Waals surface area contributed by atoms with Gasteiger partial charge in [0.1, 0.15) is 18.1 Å². The first-order valence-electron chi connectivity index (χ1n) is 11.3. The van der Waals surface area contributed by atoms with Crippen LogP contribution in [0.1, 0.15) is 24.5 Å². The quantitative estimate of drug-likeness (QED) is 0.209. The third-order valence-electron chi connectivity index (χ3n) is 5.32. The number of nitrogens with two attached hydrogens (primary N) is 2. The Kier molecular flexibility index (Phi) is 10.6. The van der Waals surface area contributed by atoms with Gasteiger partial charge in [-0.05, 0) is 24.5 Å². The summed E-state index contributed by atoms with van der Waals surface area (Å²) < 4.78 is 0. The minimum atomic E-state index is -1.56. The summed E-state index contributed by atoms with van der Waals surface area (Å²) in [4.78, 5) is 60.8. The Morgan fingerprint density at radius 2 is 1.25 bits per heavy atom. The third kappa shape index (κ3) is 9.18. The lowest BCUT2D eigenvalue weighted by Gasteiger charge is -2.23. The number of aliphatic carboxylic acids is 1. The van der Waals surface area contributed by atoms with Crippen molar-refractivity contribution in [1.29, 1.82) is 0 Å². The fourth-order valence-corrected chi connectivity index (χ4v) is 3.38. The minimum absolute atomic E-state index is 0.0372. The average molecular weight is 498 g/mol. The molecule has 0 heterocycles. The van der Waals surface area contributed by atoms with E-state index in [-0.39, 0.29) is 12.8 Å². The molecule has 2 rings (SSSR count). The molecule has 0 aliphatic carbocycles. The second-order valence-corrected chi connectivity index (χ2v) is 8.35.